The molecule has 1 saturated heterocycles. The number of rotatable bonds is 3. The fourth-order valence-electron chi connectivity index (χ4n) is 1.61. The average Bonchev–Trinajstić information content (AvgIpc) is 2.33. The van der Waals surface area contributed by atoms with Crippen molar-refractivity contribution in [2.24, 2.45) is 11.7 Å². The fraction of sp³-hybridized carbons (Fsp3) is 1.00. The van der Waals surface area contributed by atoms with E-state index in [-0.39, 0.29) is 12.6 Å². The van der Waals surface area contributed by atoms with E-state index in [1.54, 1.807) is 0 Å². The minimum Gasteiger partial charge on any atom is -0.396 e. The molecule has 0 aromatic carbocycles. The van der Waals surface area contributed by atoms with Gasteiger partial charge in [0.25, 0.3) is 0 Å². The predicted octanol–water partition coefficient (Wildman–Crippen LogP) is -0.540. The molecule has 3 N–H and O–H groups in total. The van der Waals surface area contributed by atoms with E-state index in [1.807, 2.05) is 0 Å². The second kappa shape index (κ2) is 4.36. The normalized spacial score (nSPS) is 33.0. The first-order valence-corrected chi connectivity index (χ1v) is 4.88. The molecule has 66 valence electrons. The largest absolute Gasteiger partial charge is 0.396 e. The number of hydrogen-bond donors (Lipinski definition) is 2. The quantitative estimate of drug-likeness (QED) is 0.568. The van der Waals surface area contributed by atoms with Crippen LogP contribution in [0.5, 0.6) is 0 Å². The Bertz CT molecular complexity index is 123. The van der Waals surface area contributed by atoms with Gasteiger partial charge in [-0.3, -0.25) is 4.90 Å². The zero-order valence-electron chi connectivity index (χ0n) is 6.74. The Morgan fingerprint density at radius 2 is 2.27 bits per heavy atom. The third-order valence-corrected chi connectivity index (χ3v) is 2.84. The Morgan fingerprint density at radius 1 is 1.55 bits per heavy atom. The molecule has 0 radical (unpaired) electrons. The van der Waals surface area contributed by atoms with Crippen molar-refractivity contribution in [3.63, 3.8) is 0 Å². The van der Waals surface area contributed by atoms with Crippen molar-refractivity contribution >= 4 is 9.24 Å². The SMILES string of the molecule is N[C@H]1CN(CP)C[C@@H]1CCO. The topological polar surface area (TPSA) is 49.5 Å². The van der Waals surface area contributed by atoms with Gasteiger partial charge in [0.1, 0.15) is 0 Å². The second-order valence-electron chi connectivity index (χ2n) is 3.15. The average molecular weight is 176 g/mol. The van der Waals surface area contributed by atoms with Crippen LogP contribution in [0, 0.1) is 5.92 Å². The van der Waals surface area contributed by atoms with Gasteiger partial charge in [0.15, 0.2) is 0 Å². The Labute approximate surface area is 70.1 Å². The molecule has 0 aliphatic carbocycles. The molecule has 3 atom stereocenters. The number of aliphatic hydroxyl groups is 1. The van der Waals surface area contributed by atoms with E-state index in [1.165, 1.54) is 0 Å². The molecule has 1 aliphatic heterocycles. The van der Waals surface area contributed by atoms with Gasteiger partial charge >= 0.3 is 0 Å². The van der Waals surface area contributed by atoms with Crippen LogP contribution in [-0.2, 0) is 0 Å². The van der Waals surface area contributed by atoms with Crippen LogP contribution < -0.4 is 5.73 Å². The molecule has 1 unspecified atom stereocenters. The standard InChI is InChI=1S/C7H17N2OP/c8-7-4-9(5-11)3-6(7)1-2-10/h6-7,10H,1-5,8,11H2/t6-,7-/m0/s1. The maximum absolute atomic E-state index is 8.72. The van der Waals surface area contributed by atoms with E-state index < -0.39 is 0 Å². The molecule has 0 aromatic heterocycles. The van der Waals surface area contributed by atoms with Gasteiger partial charge in [-0.2, -0.15) is 0 Å². The van der Waals surface area contributed by atoms with Crippen molar-refractivity contribution in [1.29, 1.82) is 0 Å². The summed E-state index contributed by atoms with van der Waals surface area (Å²) in [6.45, 7) is 2.29. The zero-order chi connectivity index (χ0) is 8.27. The number of hydrogen-bond acceptors (Lipinski definition) is 3. The van der Waals surface area contributed by atoms with Crippen LogP contribution >= 0.6 is 9.24 Å². The molecule has 1 rings (SSSR count). The number of nitrogens with two attached hydrogens (primary N) is 1. The lowest BCUT2D eigenvalue weighted by Crippen LogP contribution is -2.29. The van der Waals surface area contributed by atoms with Gasteiger partial charge < -0.3 is 10.8 Å². The first-order valence-electron chi connectivity index (χ1n) is 4.06. The summed E-state index contributed by atoms with van der Waals surface area (Å²) in [7, 11) is 2.70. The zero-order valence-corrected chi connectivity index (χ0v) is 7.89. The van der Waals surface area contributed by atoms with Gasteiger partial charge in [-0.1, -0.05) is 0 Å². The van der Waals surface area contributed by atoms with Crippen LogP contribution in [0.3, 0.4) is 0 Å². The summed E-state index contributed by atoms with van der Waals surface area (Å²) in [4.78, 5) is 2.30. The van der Waals surface area contributed by atoms with Crippen LogP contribution in [0.15, 0.2) is 0 Å². The Kier molecular flexibility index (Phi) is 3.73. The first-order chi connectivity index (χ1) is 5.27. The number of aliphatic hydroxyl groups excluding tert-OH is 1. The van der Waals surface area contributed by atoms with Crippen molar-refractivity contribution in [1.82, 2.24) is 4.90 Å². The summed E-state index contributed by atoms with van der Waals surface area (Å²) in [5.74, 6) is 0.501. The molecule has 0 spiro atoms. The van der Waals surface area contributed by atoms with Crippen molar-refractivity contribution < 1.29 is 5.11 Å². The summed E-state index contributed by atoms with van der Waals surface area (Å²) in [5.41, 5.74) is 5.87. The highest BCUT2D eigenvalue weighted by molar-refractivity contribution is 7.16. The molecule has 1 aliphatic rings. The highest BCUT2D eigenvalue weighted by atomic mass is 31.0. The van der Waals surface area contributed by atoms with Crippen molar-refractivity contribution in [3.05, 3.63) is 0 Å². The van der Waals surface area contributed by atoms with Crippen LogP contribution in [-0.4, -0.2) is 42.0 Å². The van der Waals surface area contributed by atoms with Crippen molar-refractivity contribution in [3.8, 4) is 0 Å². The van der Waals surface area contributed by atoms with Gasteiger partial charge in [0.2, 0.25) is 0 Å². The Morgan fingerprint density at radius 3 is 2.73 bits per heavy atom. The smallest absolute Gasteiger partial charge is 0.0434 e. The molecule has 0 amide bonds. The van der Waals surface area contributed by atoms with Crippen molar-refractivity contribution in [2.45, 2.75) is 12.5 Å². The monoisotopic (exact) mass is 176 g/mol. The molecule has 4 heteroatoms. The fourth-order valence-corrected chi connectivity index (χ4v) is 1.91. The van der Waals surface area contributed by atoms with Gasteiger partial charge in [0, 0.05) is 32.0 Å². The highest BCUT2D eigenvalue weighted by Gasteiger charge is 2.28. The maximum Gasteiger partial charge on any atom is 0.0434 e. The molecule has 1 heterocycles. The maximum atomic E-state index is 8.72. The Balaban J connectivity index is 2.32. The first kappa shape index (κ1) is 9.40. The second-order valence-corrected chi connectivity index (χ2v) is 3.52. The van der Waals surface area contributed by atoms with Crippen LogP contribution in [0.25, 0.3) is 0 Å². The van der Waals surface area contributed by atoms with E-state index in [9.17, 15) is 0 Å². The number of nitrogens with zero attached hydrogens (tertiary/aromatic N) is 1. The summed E-state index contributed by atoms with van der Waals surface area (Å²) in [5, 5.41) is 8.72. The van der Waals surface area contributed by atoms with Gasteiger partial charge in [-0.15, -0.1) is 9.24 Å². The van der Waals surface area contributed by atoms with Crippen molar-refractivity contribution in [2.75, 3.05) is 26.0 Å². The molecule has 0 bridgehead atoms. The third kappa shape index (κ3) is 2.38. The molecule has 1 fully saturated rings. The number of likely N-dealkylation sites (tertiary alicyclic amines) is 1. The molecule has 3 nitrogen and oxygen atoms in total. The molecular formula is C7H17N2OP. The minimum absolute atomic E-state index is 0.266. The summed E-state index contributed by atoms with van der Waals surface area (Å²) in [6.07, 6.45) is 1.85. The van der Waals surface area contributed by atoms with E-state index in [0.29, 0.717) is 5.92 Å². The lowest BCUT2D eigenvalue weighted by molar-refractivity contribution is 0.251. The van der Waals surface area contributed by atoms with E-state index in [2.05, 4.69) is 14.1 Å². The predicted molar refractivity (Wildman–Crippen MR) is 49.3 cm³/mol. The highest BCUT2D eigenvalue weighted by Crippen LogP contribution is 2.18. The molecule has 0 aromatic rings. The molecular weight excluding hydrogens is 159 g/mol. The lowest BCUT2D eigenvalue weighted by Gasteiger charge is -2.11. The van der Waals surface area contributed by atoms with Gasteiger partial charge in [0.05, 0.1) is 0 Å². The third-order valence-electron chi connectivity index (χ3n) is 2.33. The minimum atomic E-state index is 0.266. The van der Waals surface area contributed by atoms with E-state index in [4.69, 9.17) is 10.8 Å². The summed E-state index contributed by atoms with van der Waals surface area (Å²) >= 11 is 0. The van der Waals surface area contributed by atoms with E-state index in [0.717, 1.165) is 25.8 Å². The lowest BCUT2D eigenvalue weighted by atomic mass is 10.0. The van der Waals surface area contributed by atoms with Gasteiger partial charge in [-0.25, -0.2) is 0 Å². The van der Waals surface area contributed by atoms with Gasteiger partial charge in [-0.05, 0) is 12.3 Å². The van der Waals surface area contributed by atoms with Crippen LogP contribution in [0.4, 0.5) is 0 Å². The summed E-state index contributed by atoms with van der Waals surface area (Å²) in [6, 6.07) is 0.266. The summed E-state index contributed by atoms with van der Waals surface area (Å²) < 4.78 is 0. The van der Waals surface area contributed by atoms with Crippen LogP contribution in [0.2, 0.25) is 0 Å². The van der Waals surface area contributed by atoms with Crippen LogP contribution in [0.1, 0.15) is 6.42 Å². The Hall–Kier alpha value is 0.310. The van der Waals surface area contributed by atoms with E-state index >= 15 is 0 Å². The molecule has 11 heavy (non-hydrogen) atoms. The molecule has 0 saturated carbocycles.